The number of carbonyl (C=O) groups is 1. The first-order chi connectivity index (χ1) is 16.5. The molecule has 4 rings (SSSR count). The number of nitrogens with zero attached hydrogens (tertiary/aromatic N) is 4. The van der Waals surface area contributed by atoms with Crippen LogP contribution < -0.4 is 4.90 Å². The summed E-state index contributed by atoms with van der Waals surface area (Å²) in [7, 11) is 0. The fourth-order valence-corrected chi connectivity index (χ4v) is 3.69. The van der Waals surface area contributed by atoms with E-state index in [-0.39, 0.29) is 23.4 Å². The Bertz CT molecular complexity index is 1250. The monoisotopic (exact) mass is 584 g/mol. The van der Waals surface area contributed by atoms with Crippen LogP contribution in [-0.2, 0) is 7.59 Å². The fraction of sp³-hybridized carbons (Fsp3) is 0.0833. The van der Waals surface area contributed by atoms with Gasteiger partial charge in [0, 0.05) is 22.5 Å². The summed E-state index contributed by atoms with van der Waals surface area (Å²) in [4.78, 5) is 27.5. The van der Waals surface area contributed by atoms with Crippen molar-refractivity contribution in [1.82, 2.24) is 15.0 Å². The van der Waals surface area contributed by atoms with Gasteiger partial charge in [-0.25, -0.2) is 15.0 Å². The zero-order valence-electron chi connectivity index (χ0n) is 17.5. The summed E-state index contributed by atoms with van der Waals surface area (Å²) in [6, 6.07) is 25.3. The standard InChI is InChI=1S/C24H14Cl6N4O/c25-23(26,27)21-31-19(32-22(33-21)24(28,29)30)15-11-13-16(14-12-15)20(35)34(17-7-3-1-4-8-17)18-9-5-2-6-10-18/h1-14H. The number of hydrogen-bond acceptors (Lipinski definition) is 4. The van der Waals surface area contributed by atoms with Crippen LogP contribution in [0.2, 0.25) is 0 Å². The number of amides is 1. The minimum Gasteiger partial charge on any atom is -0.277 e. The second kappa shape index (κ2) is 10.5. The largest absolute Gasteiger partial charge is 0.277 e. The Kier molecular flexibility index (Phi) is 7.77. The number of benzene rings is 3. The smallest absolute Gasteiger partial charge is 0.262 e. The van der Waals surface area contributed by atoms with Gasteiger partial charge in [0.2, 0.25) is 7.59 Å². The Morgan fingerprint density at radius 2 is 1.03 bits per heavy atom. The highest BCUT2D eigenvalue weighted by molar-refractivity contribution is 6.67. The summed E-state index contributed by atoms with van der Waals surface area (Å²) in [6.45, 7) is 0. The van der Waals surface area contributed by atoms with Crippen molar-refractivity contribution in [3.05, 3.63) is 102 Å². The van der Waals surface area contributed by atoms with Gasteiger partial charge in [0.05, 0.1) is 0 Å². The quantitative estimate of drug-likeness (QED) is 0.226. The lowest BCUT2D eigenvalue weighted by atomic mass is 10.1. The number of anilines is 2. The lowest BCUT2D eigenvalue weighted by Gasteiger charge is -2.23. The van der Waals surface area contributed by atoms with Crippen molar-refractivity contribution in [2.75, 3.05) is 4.90 Å². The van der Waals surface area contributed by atoms with Crippen molar-refractivity contribution < 1.29 is 4.79 Å². The van der Waals surface area contributed by atoms with E-state index in [4.69, 9.17) is 69.6 Å². The first kappa shape index (κ1) is 26.0. The van der Waals surface area contributed by atoms with Crippen molar-refractivity contribution >= 4 is 86.9 Å². The number of halogens is 6. The van der Waals surface area contributed by atoms with Crippen molar-refractivity contribution in [2.24, 2.45) is 0 Å². The number of carbonyl (C=O) groups excluding carboxylic acids is 1. The molecule has 0 saturated carbocycles. The molecule has 0 fully saturated rings. The minimum absolute atomic E-state index is 0.115. The van der Waals surface area contributed by atoms with E-state index in [1.807, 2.05) is 60.7 Å². The van der Waals surface area contributed by atoms with E-state index in [0.717, 1.165) is 11.4 Å². The molecule has 1 amide bonds. The highest BCUT2D eigenvalue weighted by Crippen LogP contribution is 2.40. The first-order valence-electron chi connectivity index (χ1n) is 9.99. The van der Waals surface area contributed by atoms with Crippen LogP contribution in [0.25, 0.3) is 11.4 Å². The van der Waals surface area contributed by atoms with E-state index in [0.29, 0.717) is 11.1 Å². The van der Waals surface area contributed by atoms with Crippen LogP contribution in [0.15, 0.2) is 84.9 Å². The molecule has 0 aliphatic carbocycles. The predicted molar refractivity (Wildman–Crippen MR) is 143 cm³/mol. The van der Waals surface area contributed by atoms with Gasteiger partial charge in [-0.1, -0.05) is 118 Å². The molecule has 0 aliphatic rings. The second-order valence-electron chi connectivity index (χ2n) is 7.19. The normalized spacial score (nSPS) is 11.8. The molecule has 4 aromatic rings. The molecule has 11 heteroatoms. The maximum atomic E-state index is 13.5. The third kappa shape index (κ3) is 6.18. The Morgan fingerprint density at radius 3 is 1.43 bits per heavy atom. The van der Waals surface area contributed by atoms with Gasteiger partial charge in [0.1, 0.15) is 0 Å². The molecule has 0 bridgehead atoms. The molecule has 178 valence electrons. The average Bonchev–Trinajstić information content (AvgIpc) is 2.84. The van der Waals surface area contributed by atoms with Crippen LogP contribution in [-0.4, -0.2) is 20.9 Å². The first-order valence-corrected chi connectivity index (χ1v) is 12.3. The molecular formula is C24H14Cl6N4O. The zero-order chi connectivity index (χ0) is 25.2. The third-order valence-corrected chi connectivity index (χ3v) is 5.78. The van der Waals surface area contributed by atoms with E-state index in [9.17, 15) is 4.79 Å². The van der Waals surface area contributed by atoms with Crippen LogP contribution in [0, 0.1) is 0 Å². The lowest BCUT2D eigenvalue weighted by molar-refractivity contribution is 0.0999. The van der Waals surface area contributed by atoms with Crippen LogP contribution >= 0.6 is 69.6 Å². The lowest BCUT2D eigenvalue weighted by Crippen LogP contribution is -2.25. The highest BCUT2D eigenvalue weighted by Gasteiger charge is 2.34. The van der Waals surface area contributed by atoms with E-state index < -0.39 is 7.59 Å². The van der Waals surface area contributed by atoms with E-state index in [2.05, 4.69) is 15.0 Å². The molecule has 0 aliphatic heterocycles. The summed E-state index contributed by atoms with van der Waals surface area (Å²) < 4.78 is -3.94. The average molecular weight is 587 g/mol. The van der Waals surface area contributed by atoms with Crippen LogP contribution in [0.5, 0.6) is 0 Å². The van der Waals surface area contributed by atoms with Gasteiger partial charge in [0.25, 0.3) is 5.91 Å². The molecule has 0 saturated heterocycles. The Hall–Kier alpha value is -2.12. The molecule has 0 unspecified atom stereocenters. The molecule has 35 heavy (non-hydrogen) atoms. The van der Waals surface area contributed by atoms with Gasteiger partial charge in [-0.15, -0.1) is 0 Å². The van der Waals surface area contributed by atoms with Crippen molar-refractivity contribution in [2.45, 2.75) is 7.59 Å². The fourth-order valence-electron chi connectivity index (χ4n) is 3.19. The van der Waals surface area contributed by atoms with E-state index >= 15 is 0 Å². The highest BCUT2D eigenvalue weighted by atomic mass is 35.6. The molecule has 5 nitrogen and oxygen atoms in total. The van der Waals surface area contributed by atoms with Crippen LogP contribution in [0.4, 0.5) is 11.4 Å². The van der Waals surface area contributed by atoms with Crippen molar-refractivity contribution in [3.8, 4) is 11.4 Å². The van der Waals surface area contributed by atoms with Gasteiger partial charge in [0.15, 0.2) is 17.5 Å². The molecule has 1 aromatic heterocycles. The SMILES string of the molecule is O=C(c1ccc(-c2nc(C(Cl)(Cl)Cl)nc(C(Cl)(Cl)Cl)n2)cc1)N(c1ccccc1)c1ccccc1. The van der Waals surface area contributed by atoms with Gasteiger partial charge >= 0.3 is 0 Å². The van der Waals surface area contributed by atoms with Gasteiger partial charge in [-0.2, -0.15) is 0 Å². The van der Waals surface area contributed by atoms with E-state index in [1.165, 1.54) is 0 Å². The van der Waals surface area contributed by atoms with Crippen molar-refractivity contribution in [1.29, 1.82) is 0 Å². The van der Waals surface area contributed by atoms with Gasteiger partial charge in [-0.05, 0) is 36.4 Å². The second-order valence-corrected chi connectivity index (χ2v) is 11.8. The maximum Gasteiger partial charge on any atom is 0.262 e. The van der Waals surface area contributed by atoms with Crippen LogP contribution in [0.1, 0.15) is 22.0 Å². The molecule has 0 atom stereocenters. The Balaban J connectivity index is 1.72. The summed E-state index contributed by atoms with van der Waals surface area (Å²) >= 11 is 35.7. The predicted octanol–water partition coefficient (Wildman–Crippen LogP) is 8.17. The molecule has 0 N–H and O–H groups in total. The molecular weight excluding hydrogens is 573 g/mol. The Labute approximate surface area is 231 Å². The third-order valence-electron chi connectivity index (χ3n) is 4.76. The molecule has 0 spiro atoms. The summed E-state index contributed by atoms with van der Waals surface area (Å²) in [5, 5.41) is 0. The van der Waals surface area contributed by atoms with Gasteiger partial charge < -0.3 is 0 Å². The minimum atomic E-state index is -1.97. The topological polar surface area (TPSA) is 59.0 Å². The molecule has 0 radical (unpaired) electrons. The molecule has 3 aromatic carbocycles. The maximum absolute atomic E-state index is 13.5. The number of aromatic nitrogens is 3. The summed E-state index contributed by atoms with van der Waals surface area (Å²) in [5.74, 6) is -0.514. The molecule has 1 heterocycles. The zero-order valence-corrected chi connectivity index (χ0v) is 22.1. The Morgan fingerprint density at radius 1 is 0.600 bits per heavy atom. The van der Waals surface area contributed by atoms with Gasteiger partial charge in [-0.3, -0.25) is 9.69 Å². The summed E-state index contributed by atoms with van der Waals surface area (Å²) in [6.07, 6.45) is 0. The number of rotatable bonds is 4. The number of hydrogen-bond donors (Lipinski definition) is 0. The van der Waals surface area contributed by atoms with E-state index in [1.54, 1.807) is 29.2 Å². The summed E-state index contributed by atoms with van der Waals surface area (Å²) in [5.41, 5.74) is 2.38. The number of alkyl halides is 6. The number of para-hydroxylation sites is 2. The van der Waals surface area contributed by atoms with Crippen LogP contribution in [0.3, 0.4) is 0 Å². The van der Waals surface area contributed by atoms with Crippen molar-refractivity contribution in [3.63, 3.8) is 0 Å².